The number of rotatable bonds is 3. The lowest BCUT2D eigenvalue weighted by atomic mass is 10.1. The van der Waals surface area contributed by atoms with Crippen LogP contribution in [0.2, 0.25) is 0 Å². The number of hydrogen-bond acceptors (Lipinski definition) is 3. The minimum atomic E-state index is -0.0893. The van der Waals surface area contributed by atoms with Crippen molar-refractivity contribution in [3.63, 3.8) is 0 Å². The number of aromatic nitrogens is 1. The molecule has 20 heavy (non-hydrogen) atoms. The molecular formula is C15H16N4O. The van der Waals surface area contributed by atoms with Crippen LogP contribution in [0, 0.1) is 11.3 Å². The summed E-state index contributed by atoms with van der Waals surface area (Å²) in [7, 11) is 3.53. The first-order chi connectivity index (χ1) is 9.51. The third-order valence-electron chi connectivity index (χ3n) is 3.09. The summed E-state index contributed by atoms with van der Waals surface area (Å²) in [4.78, 5) is 13.9. The van der Waals surface area contributed by atoms with Crippen molar-refractivity contribution >= 4 is 11.6 Å². The summed E-state index contributed by atoms with van der Waals surface area (Å²) in [6.07, 6.45) is 1.71. The van der Waals surface area contributed by atoms with E-state index in [1.54, 1.807) is 48.0 Å². The van der Waals surface area contributed by atoms with Crippen LogP contribution >= 0.6 is 0 Å². The van der Waals surface area contributed by atoms with Gasteiger partial charge in [0.25, 0.3) is 5.91 Å². The molecule has 1 heterocycles. The van der Waals surface area contributed by atoms with Crippen molar-refractivity contribution in [1.29, 1.82) is 5.26 Å². The van der Waals surface area contributed by atoms with E-state index >= 15 is 0 Å². The van der Waals surface area contributed by atoms with Gasteiger partial charge in [0.1, 0.15) is 5.69 Å². The molecule has 1 amide bonds. The number of aryl methyl sites for hydroxylation is 1. The number of carbonyl (C=O) groups is 1. The second-order valence-electron chi connectivity index (χ2n) is 4.74. The van der Waals surface area contributed by atoms with Gasteiger partial charge in [-0.3, -0.25) is 4.79 Å². The largest absolute Gasteiger partial charge is 0.397 e. The van der Waals surface area contributed by atoms with Gasteiger partial charge >= 0.3 is 0 Å². The minimum absolute atomic E-state index is 0.0893. The Morgan fingerprint density at radius 1 is 1.40 bits per heavy atom. The Morgan fingerprint density at radius 2 is 2.05 bits per heavy atom. The van der Waals surface area contributed by atoms with Gasteiger partial charge in [0.15, 0.2) is 0 Å². The highest BCUT2D eigenvalue weighted by atomic mass is 16.2. The minimum Gasteiger partial charge on any atom is -0.397 e. The molecule has 0 saturated heterocycles. The van der Waals surface area contributed by atoms with Gasteiger partial charge in [-0.2, -0.15) is 5.26 Å². The van der Waals surface area contributed by atoms with Crippen LogP contribution in [-0.2, 0) is 13.6 Å². The summed E-state index contributed by atoms with van der Waals surface area (Å²) < 4.78 is 1.72. The molecule has 0 aliphatic heterocycles. The van der Waals surface area contributed by atoms with E-state index in [4.69, 9.17) is 11.0 Å². The molecule has 0 fully saturated rings. The zero-order valence-electron chi connectivity index (χ0n) is 11.5. The molecule has 0 radical (unpaired) electrons. The predicted molar refractivity (Wildman–Crippen MR) is 76.8 cm³/mol. The van der Waals surface area contributed by atoms with E-state index < -0.39 is 0 Å². The Kier molecular flexibility index (Phi) is 3.76. The quantitative estimate of drug-likeness (QED) is 0.921. The monoisotopic (exact) mass is 268 g/mol. The van der Waals surface area contributed by atoms with Gasteiger partial charge in [-0.05, 0) is 23.8 Å². The Hall–Kier alpha value is -2.74. The summed E-state index contributed by atoms with van der Waals surface area (Å²) in [5, 5.41) is 8.75. The fourth-order valence-electron chi connectivity index (χ4n) is 2.03. The van der Waals surface area contributed by atoms with Crippen LogP contribution in [0.15, 0.2) is 36.5 Å². The number of nitrogen functional groups attached to an aromatic ring is 1. The second kappa shape index (κ2) is 5.49. The van der Waals surface area contributed by atoms with Crippen molar-refractivity contribution in [2.75, 3.05) is 12.8 Å². The van der Waals surface area contributed by atoms with E-state index in [9.17, 15) is 4.79 Å². The number of nitrogens with zero attached hydrogens (tertiary/aromatic N) is 3. The molecule has 1 aromatic carbocycles. The number of nitrogens with two attached hydrogens (primary N) is 1. The smallest absolute Gasteiger partial charge is 0.270 e. The number of nitriles is 1. The first-order valence-corrected chi connectivity index (χ1v) is 6.17. The van der Waals surface area contributed by atoms with E-state index in [2.05, 4.69) is 6.07 Å². The van der Waals surface area contributed by atoms with Crippen molar-refractivity contribution in [2.24, 2.45) is 7.05 Å². The number of amides is 1. The molecule has 1 aromatic heterocycles. The van der Waals surface area contributed by atoms with E-state index in [1.807, 2.05) is 12.1 Å². The molecule has 0 atom stereocenters. The summed E-state index contributed by atoms with van der Waals surface area (Å²) in [5.74, 6) is -0.0893. The van der Waals surface area contributed by atoms with Gasteiger partial charge in [-0.15, -0.1) is 0 Å². The highest BCUT2D eigenvalue weighted by molar-refractivity contribution is 5.93. The van der Waals surface area contributed by atoms with Gasteiger partial charge in [-0.1, -0.05) is 12.1 Å². The van der Waals surface area contributed by atoms with Crippen LogP contribution < -0.4 is 5.73 Å². The van der Waals surface area contributed by atoms with Gasteiger partial charge < -0.3 is 15.2 Å². The van der Waals surface area contributed by atoms with Crippen LogP contribution in [0.1, 0.15) is 21.6 Å². The SMILES string of the molecule is CN(Cc1ccc(C#N)cc1)C(=O)c1cc(N)cn1C. The van der Waals surface area contributed by atoms with E-state index in [0.29, 0.717) is 23.5 Å². The molecule has 2 rings (SSSR count). The molecule has 0 spiro atoms. The first kappa shape index (κ1) is 13.7. The Labute approximate surface area is 117 Å². The van der Waals surface area contributed by atoms with Crippen LogP contribution in [0.5, 0.6) is 0 Å². The van der Waals surface area contributed by atoms with Crippen LogP contribution in [0.4, 0.5) is 5.69 Å². The maximum Gasteiger partial charge on any atom is 0.270 e. The topological polar surface area (TPSA) is 75.1 Å². The molecule has 102 valence electrons. The standard InChI is InChI=1S/C15H16N4O/c1-18-10-13(17)7-14(18)15(20)19(2)9-12-5-3-11(8-16)4-6-12/h3-7,10H,9,17H2,1-2H3. The third-order valence-corrected chi connectivity index (χ3v) is 3.09. The Morgan fingerprint density at radius 3 is 2.55 bits per heavy atom. The van der Waals surface area contributed by atoms with Gasteiger partial charge in [0, 0.05) is 26.8 Å². The Bertz CT molecular complexity index is 664. The first-order valence-electron chi connectivity index (χ1n) is 6.17. The average Bonchev–Trinajstić information content (AvgIpc) is 2.77. The molecule has 0 unspecified atom stereocenters. The maximum absolute atomic E-state index is 12.3. The zero-order chi connectivity index (χ0) is 14.7. The van der Waals surface area contributed by atoms with Crippen LogP contribution in [-0.4, -0.2) is 22.4 Å². The van der Waals surface area contributed by atoms with Crippen molar-refractivity contribution in [2.45, 2.75) is 6.54 Å². The molecule has 5 heteroatoms. The predicted octanol–water partition coefficient (Wildman–Crippen LogP) is 1.75. The molecule has 5 nitrogen and oxygen atoms in total. The molecular weight excluding hydrogens is 252 g/mol. The summed E-state index contributed by atoms with van der Waals surface area (Å²) >= 11 is 0. The van der Waals surface area contributed by atoms with Crippen LogP contribution in [0.3, 0.4) is 0 Å². The fourth-order valence-corrected chi connectivity index (χ4v) is 2.03. The average molecular weight is 268 g/mol. The number of hydrogen-bond donors (Lipinski definition) is 1. The molecule has 0 aliphatic carbocycles. The molecule has 0 aliphatic rings. The van der Waals surface area contributed by atoms with Crippen molar-refractivity contribution in [1.82, 2.24) is 9.47 Å². The zero-order valence-corrected chi connectivity index (χ0v) is 11.5. The third kappa shape index (κ3) is 2.81. The molecule has 2 N–H and O–H groups in total. The van der Waals surface area contributed by atoms with Gasteiger partial charge in [0.2, 0.25) is 0 Å². The summed E-state index contributed by atoms with van der Waals surface area (Å²) in [6, 6.07) is 10.9. The summed E-state index contributed by atoms with van der Waals surface area (Å²) in [5.41, 5.74) is 8.39. The molecule has 0 saturated carbocycles. The number of anilines is 1. The van der Waals surface area contributed by atoms with Gasteiger partial charge in [0.05, 0.1) is 17.3 Å². The summed E-state index contributed by atoms with van der Waals surface area (Å²) in [6.45, 7) is 0.482. The van der Waals surface area contributed by atoms with E-state index in [1.165, 1.54) is 0 Å². The highest BCUT2D eigenvalue weighted by Crippen LogP contribution is 2.13. The van der Waals surface area contributed by atoms with E-state index in [-0.39, 0.29) is 5.91 Å². The van der Waals surface area contributed by atoms with Crippen LogP contribution in [0.25, 0.3) is 0 Å². The lowest BCUT2D eigenvalue weighted by Crippen LogP contribution is -2.27. The van der Waals surface area contributed by atoms with E-state index in [0.717, 1.165) is 5.56 Å². The van der Waals surface area contributed by atoms with Crippen molar-refractivity contribution in [3.8, 4) is 6.07 Å². The second-order valence-corrected chi connectivity index (χ2v) is 4.74. The molecule has 2 aromatic rings. The normalized spacial score (nSPS) is 10.1. The fraction of sp³-hybridized carbons (Fsp3) is 0.200. The maximum atomic E-state index is 12.3. The van der Waals surface area contributed by atoms with Crippen molar-refractivity contribution in [3.05, 3.63) is 53.3 Å². The highest BCUT2D eigenvalue weighted by Gasteiger charge is 2.15. The van der Waals surface area contributed by atoms with Crippen molar-refractivity contribution < 1.29 is 4.79 Å². The Balaban J connectivity index is 2.11. The number of benzene rings is 1. The molecule has 0 bridgehead atoms. The lowest BCUT2D eigenvalue weighted by molar-refractivity contribution is 0.0775. The lowest BCUT2D eigenvalue weighted by Gasteiger charge is -2.17. The number of carbonyl (C=O) groups excluding carboxylic acids is 1. The van der Waals surface area contributed by atoms with Gasteiger partial charge in [-0.25, -0.2) is 0 Å².